The van der Waals surface area contributed by atoms with E-state index < -0.39 is 122 Å². The quantitative estimate of drug-likeness (QED) is 0.0855. The first-order valence-electron chi connectivity index (χ1n) is 17.3. The van der Waals surface area contributed by atoms with E-state index in [4.69, 9.17) is 37.9 Å². The number of rotatable bonds is 23. The lowest BCUT2D eigenvalue weighted by Crippen LogP contribution is -2.55. The first-order valence-corrected chi connectivity index (χ1v) is 17.3. The smallest absolute Gasteiger partial charge is 0.462 e. The lowest BCUT2D eigenvalue weighted by Gasteiger charge is -2.50. The van der Waals surface area contributed by atoms with E-state index >= 15 is 0 Å². The topological polar surface area (TPSA) is 244 Å². The van der Waals surface area contributed by atoms with Crippen LogP contribution in [0.15, 0.2) is 63.3 Å². The number of carbonyl (C=O) groups excluding carboxylic acids is 8. The summed E-state index contributed by atoms with van der Waals surface area (Å²) >= 11 is 0. The standard InChI is InChI=1S/C38H52N2O17/c1-10-27(41)50-19-37(20-51-28(42)11-2,22-56-34(48)49-9)21-55-33(47)40-26-15-16-36(8,35(6,7)17-26)18-39-32(46)57-38(23-52-29(43)12-3,24-53-30(44)13-4)25-54-31(45)14-5/h10-14,26H,1-5,15-25H2,6-9H3,(H,39,46)(H,40,47). The van der Waals surface area contributed by atoms with Crippen LogP contribution in [0.5, 0.6) is 0 Å². The summed E-state index contributed by atoms with van der Waals surface area (Å²) in [4.78, 5) is 97.6. The molecular formula is C38H52N2O17. The van der Waals surface area contributed by atoms with Gasteiger partial charge in [-0.3, -0.25) is 0 Å². The van der Waals surface area contributed by atoms with Crippen molar-refractivity contribution in [3.63, 3.8) is 0 Å². The molecule has 57 heavy (non-hydrogen) atoms. The second kappa shape index (κ2) is 23.1. The van der Waals surface area contributed by atoms with Crippen LogP contribution < -0.4 is 10.6 Å². The molecule has 0 aliphatic heterocycles. The average Bonchev–Trinajstić information content (AvgIpc) is 3.20. The van der Waals surface area contributed by atoms with Crippen LogP contribution in [-0.2, 0) is 66.6 Å². The monoisotopic (exact) mass is 808 g/mol. The van der Waals surface area contributed by atoms with Crippen molar-refractivity contribution in [1.29, 1.82) is 0 Å². The van der Waals surface area contributed by atoms with E-state index in [1.54, 1.807) is 0 Å². The van der Waals surface area contributed by atoms with E-state index in [2.05, 4.69) is 48.3 Å². The summed E-state index contributed by atoms with van der Waals surface area (Å²) in [6, 6.07) is -0.420. The van der Waals surface area contributed by atoms with Gasteiger partial charge in [0.15, 0.2) is 0 Å². The fraction of sp³-hybridized carbons (Fsp3) is 0.526. The Labute approximate surface area is 330 Å². The van der Waals surface area contributed by atoms with Crippen LogP contribution in [0.1, 0.15) is 40.0 Å². The fourth-order valence-electron chi connectivity index (χ4n) is 5.26. The zero-order valence-corrected chi connectivity index (χ0v) is 32.7. The van der Waals surface area contributed by atoms with Crippen molar-refractivity contribution >= 4 is 48.2 Å². The van der Waals surface area contributed by atoms with Gasteiger partial charge in [0.2, 0.25) is 5.60 Å². The Bertz CT molecular complexity index is 1450. The Kier molecular flexibility index (Phi) is 19.8. The molecule has 2 atom stereocenters. The van der Waals surface area contributed by atoms with Gasteiger partial charge in [0.05, 0.1) is 7.11 Å². The first-order chi connectivity index (χ1) is 26.8. The molecular weight excluding hydrogens is 756 g/mol. The van der Waals surface area contributed by atoms with Gasteiger partial charge in [-0.15, -0.1) is 0 Å². The molecule has 0 saturated heterocycles. The number of esters is 5. The molecule has 0 heterocycles. The Morgan fingerprint density at radius 1 is 0.614 bits per heavy atom. The summed E-state index contributed by atoms with van der Waals surface area (Å²) in [5.41, 5.74) is -4.69. The number of methoxy groups -OCH3 is 1. The van der Waals surface area contributed by atoms with Gasteiger partial charge in [-0.05, 0) is 30.1 Å². The third-order valence-corrected chi connectivity index (χ3v) is 9.17. The first kappa shape index (κ1) is 48.9. The van der Waals surface area contributed by atoms with E-state index in [0.717, 1.165) is 37.5 Å². The predicted octanol–water partition coefficient (Wildman–Crippen LogP) is 3.18. The van der Waals surface area contributed by atoms with Crippen LogP contribution in [0.25, 0.3) is 0 Å². The van der Waals surface area contributed by atoms with Crippen molar-refractivity contribution < 1.29 is 81.0 Å². The van der Waals surface area contributed by atoms with E-state index in [1.165, 1.54) is 0 Å². The second-order valence-corrected chi connectivity index (χ2v) is 13.8. The summed E-state index contributed by atoms with van der Waals surface area (Å²) in [5, 5.41) is 5.48. The van der Waals surface area contributed by atoms with Crippen molar-refractivity contribution in [3.8, 4) is 0 Å². The van der Waals surface area contributed by atoms with Crippen LogP contribution >= 0.6 is 0 Å². The fourth-order valence-corrected chi connectivity index (χ4v) is 5.26. The molecule has 316 valence electrons. The van der Waals surface area contributed by atoms with Crippen LogP contribution in [0, 0.1) is 16.2 Å². The highest BCUT2D eigenvalue weighted by Gasteiger charge is 2.47. The third-order valence-electron chi connectivity index (χ3n) is 9.17. The minimum Gasteiger partial charge on any atom is -0.462 e. The number of carbonyl (C=O) groups is 8. The molecule has 0 bridgehead atoms. The van der Waals surface area contributed by atoms with Crippen molar-refractivity contribution in [2.45, 2.75) is 51.7 Å². The van der Waals surface area contributed by atoms with E-state index in [0.29, 0.717) is 19.3 Å². The van der Waals surface area contributed by atoms with Gasteiger partial charge in [0.25, 0.3) is 0 Å². The predicted molar refractivity (Wildman–Crippen MR) is 198 cm³/mol. The highest BCUT2D eigenvalue weighted by atomic mass is 16.7. The Morgan fingerprint density at radius 2 is 1.02 bits per heavy atom. The van der Waals surface area contributed by atoms with E-state index in [1.807, 2.05) is 20.8 Å². The van der Waals surface area contributed by atoms with Gasteiger partial charge < -0.3 is 53.3 Å². The average molecular weight is 809 g/mol. The molecule has 1 fully saturated rings. The molecule has 19 heteroatoms. The number of hydrogen-bond acceptors (Lipinski definition) is 17. The van der Waals surface area contributed by atoms with E-state index in [-0.39, 0.29) is 6.54 Å². The van der Waals surface area contributed by atoms with Crippen LogP contribution in [-0.4, -0.2) is 120 Å². The van der Waals surface area contributed by atoms with Crippen LogP contribution in [0.2, 0.25) is 0 Å². The maximum absolute atomic E-state index is 13.3. The molecule has 2 N–H and O–H groups in total. The molecule has 0 aromatic rings. The maximum atomic E-state index is 13.3. The summed E-state index contributed by atoms with van der Waals surface area (Å²) in [7, 11) is 1.07. The van der Waals surface area contributed by atoms with Gasteiger partial charge >= 0.3 is 48.2 Å². The van der Waals surface area contributed by atoms with Gasteiger partial charge in [0, 0.05) is 43.0 Å². The number of ether oxygens (including phenoxy) is 9. The molecule has 1 aliphatic rings. The Hall–Kier alpha value is -6.14. The van der Waals surface area contributed by atoms with Gasteiger partial charge in [0.1, 0.15) is 51.7 Å². The van der Waals surface area contributed by atoms with Crippen molar-refractivity contribution in [3.05, 3.63) is 63.3 Å². The van der Waals surface area contributed by atoms with Gasteiger partial charge in [-0.1, -0.05) is 53.7 Å². The Balaban J connectivity index is 3.09. The summed E-state index contributed by atoms with van der Waals surface area (Å²) in [6.07, 6.45) is 2.63. The molecule has 0 radical (unpaired) electrons. The SMILES string of the molecule is C=CC(=O)OCC(COC(=O)C=C)(COC(=O)NC1CCC(C)(CNC(=O)OC(COC(=O)C=C)(COC(=O)C=C)COC(=O)C=C)C(C)(C)C1)COC(=O)OC. The normalized spacial score (nSPS) is 17.0. The zero-order chi connectivity index (χ0) is 43.3. The highest BCUT2D eigenvalue weighted by molar-refractivity contribution is 5.83. The molecule has 0 aromatic carbocycles. The molecule has 19 nitrogen and oxygen atoms in total. The molecule has 1 aliphatic carbocycles. The van der Waals surface area contributed by atoms with Crippen molar-refractivity contribution in [2.75, 3.05) is 59.9 Å². The minimum absolute atomic E-state index is 0.0486. The molecule has 1 saturated carbocycles. The van der Waals surface area contributed by atoms with Crippen LogP contribution in [0.3, 0.4) is 0 Å². The number of nitrogens with one attached hydrogen (secondary N) is 2. The maximum Gasteiger partial charge on any atom is 0.508 e. The summed E-state index contributed by atoms with van der Waals surface area (Å²) < 4.78 is 46.2. The summed E-state index contributed by atoms with van der Waals surface area (Å²) in [6.45, 7) is 18.2. The number of alkyl carbamates (subject to hydrolysis) is 2. The third kappa shape index (κ3) is 16.6. The van der Waals surface area contributed by atoms with Gasteiger partial charge in [-0.2, -0.15) is 0 Å². The zero-order valence-electron chi connectivity index (χ0n) is 32.7. The van der Waals surface area contributed by atoms with Crippen molar-refractivity contribution in [2.24, 2.45) is 16.2 Å². The lowest BCUT2D eigenvalue weighted by atomic mass is 9.57. The molecule has 2 unspecified atom stereocenters. The van der Waals surface area contributed by atoms with Gasteiger partial charge in [-0.25, -0.2) is 38.4 Å². The molecule has 1 rings (SSSR count). The van der Waals surface area contributed by atoms with Crippen LogP contribution in [0.4, 0.5) is 14.4 Å². The molecule has 0 aromatic heterocycles. The summed E-state index contributed by atoms with van der Waals surface area (Å²) in [5.74, 6) is -4.38. The highest BCUT2D eigenvalue weighted by Crippen LogP contribution is 2.49. The second-order valence-electron chi connectivity index (χ2n) is 13.8. The molecule has 2 amide bonds. The van der Waals surface area contributed by atoms with E-state index in [9.17, 15) is 38.4 Å². The molecule has 0 spiro atoms. The lowest BCUT2D eigenvalue weighted by molar-refractivity contribution is -0.170. The number of hydrogen-bond donors (Lipinski definition) is 2. The number of amides is 2. The largest absolute Gasteiger partial charge is 0.508 e. The van der Waals surface area contributed by atoms with Crippen molar-refractivity contribution in [1.82, 2.24) is 10.6 Å². The minimum atomic E-state index is -1.98. The Morgan fingerprint density at radius 3 is 1.42 bits per heavy atom.